The van der Waals surface area contributed by atoms with E-state index >= 15 is 0 Å². The maximum Gasteiger partial charge on any atom is 0.209 e. The lowest BCUT2D eigenvalue weighted by Crippen LogP contribution is -2.46. The molecule has 1 saturated heterocycles. The molecule has 1 aliphatic heterocycles. The quantitative estimate of drug-likeness (QED) is 0.465. The molecule has 7 heteroatoms. The molecule has 0 amide bonds. The molecule has 2 aromatic heterocycles. The lowest BCUT2D eigenvalue weighted by Gasteiger charge is -2.35. The Morgan fingerprint density at radius 2 is 1.88 bits per heavy atom. The molecule has 1 unspecified atom stereocenters. The Balaban J connectivity index is 1.28. The molecule has 0 aliphatic carbocycles. The second-order valence-electron chi connectivity index (χ2n) is 9.31. The van der Waals surface area contributed by atoms with E-state index in [1.165, 1.54) is 16.9 Å². The standard InChI is InChI=1S/C26H31N5OS/c1-19(2)26(18-28,24-8-6-21(16-27)33-24)9-4-10-30-11-13-31(14-12-30)17-25-29-22-15-20(3)5-7-23(22)32-25/h5-8,15,19H,4,9-14,17H2,1-3H3. The van der Waals surface area contributed by atoms with E-state index in [2.05, 4.69) is 59.8 Å². The first-order valence-corrected chi connectivity index (χ1v) is 12.5. The van der Waals surface area contributed by atoms with E-state index in [9.17, 15) is 10.5 Å². The van der Waals surface area contributed by atoms with Crippen LogP contribution in [0.15, 0.2) is 34.7 Å². The minimum Gasteiger partial charge on any atom is -0.439 e. The number of nitriles is 2. The van der Waals surface area contributed by atoms with Crippen LogP contribution in [0.1, 0.15) is 47.9 Å². The van der Waals surface area contributed by atoms with Crippen LogP contribution in [0.5, 0.6) is 0 Å². The van der Waals surface area contributed by atoms with Crippen LogP contribution in [0, 0.1) is 35.5 Å². The van der Waals surface area contributed by atoms with Gasteiger partial charge in [0.25, 0.3) is 0 Å². The molecule has 0 spiro atoms. The fourth-order valence-corrected chi connectivity index (χ4v) is 5.79. The summed E-state index contributed by atoms with van der Waals surface area (Å²) in [6, 6.07) is 14.7. The number of nitrogens with zero attached hydrogens (tertiary/aromatic N) is 5. The van der Waals surface area contributed by atoms with Gasteiger partial charge < -0.3 is 9.32 Å². The largest absolute Gasteiger partial charge is 0.439 e. The molecule has 3 heterocycles. The normalized spacial score (nSPS) is 17.2. The highest BCUT2D eigenvalue weighted by Crippen LogP contribution is 2.40. The molecule has 1 aromatic carbocycles. The van der Waals surface area contributed by atoms with Gasteiger partial charge in [0.15, 0.2) is 5.58 Å². The minimum absolute atomic E-state index is 0.199. The zero-order valence-corrected chi connectivity index (χ0v) is 20.5. The van der Waals surface area contributed by atoms with Gasteiger partial charge >= 0.3 is 0 Å². The first kappa shape index (κ1) is 23.4. The number of thiophene rings is 1. The maximum atomic E-state index is 10.1. The number of benzene rings is 1. The van der Waals surface area contributed by atoms with Crippen molar-refractivity contribution in [2.75, 3.05) is 32.7 Å². The first-order valence-electron chi connectivity index (χ1n) is 11.7. The smallest absolute Gasteiger partial charge is 0.209 e. The Hall–Kier alpha value is -2.71. The average Bonchev–Trinajstić information content (AvgIpc) is 3.44. The second-order valence-corrected chi connectivity index (χ2v) is 10.4. The van der Waals surface area contributed by atoms with Crippen molar-refractivity contribution in [3.05, 3.63) is 51.5 Å². The summed E-state index contributed by atoms with van der Waals surface area (Å²) >= 11 is 1.46. The lowest BCUT2D eigenvalue weighted by atomic mass is 9.73. The lowest BCUT2D eigenvalue weighted by molar-refractivity contribution is 0.116. The van der Waals surface area contributed by atoms with Crippen molar-refractivity contribution in [1.82, 2.24) is 14.8 Å². The minimum atomic E-state index is -0.521. The van der Waals surface area contributed by atoms with Crippen LogP contribution in [0.4, 0.5) is 0 Å². The number of fused-ring (bicyclic) bond motifs is 1. The zero-order valence-electron chi connectivity index (χ0n) is 19.7. The van der Waals surface area contributed by atoms with E-state index in [0.717, 1.165) is 74.0 Å². The third kappa shape index (κ3) is 5.12. The van der Waals surface area contributed by atoms with Gasteiger partial charge in [0, 0.05) is 31.1 Å². The van der Waals surface area contributed by atoms with Gasteiger partial charge in [-0.1, -0.05) is 19.9 Å². The van der Waals surface area contributed by atoms with Gasteiger partial charge in [-0.2, -0.15) is 10.5 Å². The van der Waals surface area contributed by atoms with Gasteiger partial charge in [0.05, 0.1) is 18.0 Å². The summed E-state index contributed by atoms with van der Waals surface area (Å²) in [4.78, 5) is 11.2. The summed E-state index contributed by atoms with van der Waals surface area (Å²) in [6.07, 6.45) is 1.78. The Kier molecular flexibility index (Phi) is 7.14. The molecule has 1 fully saturated rings. The van der Waals surface area contributed by atoms with Crippen molar-refractivity contribution in [2.24, 2.45) is 5.92 Å². The second kappa shape index (κ2) is 10.1. The van der Waals surface area contributed by atoms with Crippen LogP contribution in [0.25, 0.3) is 11.1 Å². The molecule has 6 nitrogen and oxygen atoms in total. The molecule has 0 N–H and O–H groups in total. The van der Waals surface area contributed by atoms with E-state index in [1.807, 2.05) is 18.2 Å². The molecule has 0 saturated carbocycles. The van der Waals surface area contributed by atoms with Gasteiger partial charge in [0.1, 0.15) is 16.5 Å². The highest BCUT2D eigenvalue weighted by molar-refractivity contribution is 7.12. The van der Waals surface area contributed by atoms with Gasteiger partial charge in [-0.25, -0.2) is 4.98 Å². The predicted molar refractivity (Wildman–Crippen MR) is 131 cm³/mol. The zero-order chi connectivity index (χ0) is 23.4. The first-order chi connectivity index (χ1) is 15.9. The summed E-state index contributed by atoms with van der Waals surface area (Å²) in [5.41, 5.74) is 2.46. The van der Waals surface area contributed by atoms with Crippen LogP contribution in [-0.2, 0) is 12.0 Å². The highest BCUT2D eigenvalue weighted by atomic mass is 32.1. The van der Waals surface area contributed by atoms with Gasteiger partial charge in [-0.15, -0.1) is 11.3 Å². The fraction of sp³-hybridized carbons (Fsp3) is 0.500. The number of aryl methyl sites for hydroxylation is 1. The molecule has 1 atom stereocenters. The Labute approximate surface area is 200 Å². The molecular formula is C26H31N5OS. The van der Waals surface area contributed by atoms with Gasteiger partial charge in [-0.05, 0) is 62.1 Å². The molecule has 172 valence electrons. The van der Waals surface area contributed by atoms with Crippen molar-refractivity contribution in [3.63, 3.8) is 0 Å². The molecule has 3 aromatic rings. The van der Waals surface area contributed by atoms with Gasteiger partial charge in [0.2, 0.25) is 5.89 Å². The molecule has 33 heavy (non-hydrogen) atoms. The van der Waals surface area contributed by atoms with Crippen LogP contribution in [0.3, 0.4) is 0 Å². The van der Waals surface area contributed by atoms with E-state index in [4.69, 9.17) is 4.42 Å². The number of hydrogen-bond donors (Lipinski definition) is 0. The third-order valence-electron chi connectivity index (χ3n) is 6.80. The number of oxazole rings is 1. The van der Waals surface area contributed by atoms with E-state index in [1.54, 1.807) is 0 Å². The Morgan fingerprint density at radius 1 is 1.12 bits per heavy atom. The summed E-state index contributed by atoms with van der Waals surface area (Å²) in [5, 5.41) is 19.3. The van der Waals surface area contributed by atoms with E-state index in [0.29, 0.717) is 4.88 Å². The van der Waals surface area contributed by atoms with Crippen molar-refractivity contribution in [1.29, 1.82) is 10.5 Å². The predicted octanol–water partition coefficient (Wildman–Crippen LogP) is 5.08. The summed E-state index contributed by atoms with van der Waals surface area (Å²) < 4.78 is 5.93. The molecular weight excluding hydrogens is 430 g/mol. The maximum absolute atomic E-state index is 10.1. The number of piperazine rings is 1. The van der Waals surface area contributed by atoms with Crippen molar-refractivity contribution in [3.8, 4) is 12.1 Å². The summed E-state index contributed by atoms with van der Waals surface area (Å²) in [6.45, 7) is 12.0. The topological polar surface area (TPSA) is 80.1 Å². The number of rotatable bonds is 8. The van der Waals surface area contributed by atoms with Gasteiger partial charge in [-0.3, -0.25) is 4.90 Å². The highest BCUT2D eigenvalue weighted by Gasteiger charge is 2.37. The van der Waals surface area contributed by atoms with Crippen LogP contribution in [-0.4, -0.2) is 47.5 Å². The van der Waals surface area contributed by atoms with Crippen molar-refractivity contribution < 1.29 is 4.42 Å². The van der Waals surface area contributed by atoms with Crippen LogP contribution < -0.4 is 0 Å². The SMILES string of the molecule is Cc1ccc2oc(CN3CCN(CCCC(C#N)(c4ccc(C#N)s4)C(C)C)CC3)nc2c1. The number of aromatic nitrogens is 1. The molecule has 1 aliphatic rings. The monoisotopic (exact) mass is 461 g/mol. The Bertz CT molecular complexity index is 1180. The molecule has 4 rings (SSSR count). The van der Waals surface area contributed by atoms with Crippen molar-refractivity contribution in [2.45, 2.75) is 45.6 Å². The van der Waals surface area contributed by atoms with Crippen LogP contribution >= 0.6 is 11.3 Å². The Morgan fingerprint density at radius 3 is 2.55 bits per heavy atom. The molecule has 0 bridgehead atoms. The van der Waals surface area contributed by atoms with E-state index in [-0.39, 0.29) is 5.92 Å². The van der Waals surface area contributed by atoms with Crippen LogP contribution in [0.2, 0.25) is 0 Å². The number of hydrogen-bond acceptors (Lipinski definition) is 7. The molecule has 0 radical (unpaired) electrons. The summed E-state index contributed by atoms with van der Waals surface area (Å²) in [7, 11) is 0. The van der Waals surface area contributed by atoms with E-state index < -0.39 is 5.41 Å². The average molecular weight is 462 g/mol. The third-order valence-corrected chi connectivity index (χ3v) is 7.97. The van der Waals surface area contributed by atoms with Crippen molar-refractivity contribution >= 4 is 22.4 Å². The summed E-state index contributed by atoms with van der Waals surface area (Å²) in [5.74, 6) is 0.983. The fourth-order valence-electron chi connectivity index (χ4n) is 4.67.